The summed E-state index contributed by atoms with van der Waals surface area (Å²) in [6, 6.07) is 13.0. The summed E-state index contributed by atoms with van der Waals surface area (Å²) in [5, 5.41) is 6.36. The fourth-order valence-electron chi connectivity index (χ4n) is 3.58. The summed E-state index contributed by atoms with van der Waals surface area (Å²) < 4.78 is 0. The van der Waals surface area contributed by atoms with Crippen molar-refractivity contribution in [3.8, 4) is 0 Å². The number of pyridine rings is 1. The molecule has 1 aromatic heterocycles. The molecule has 6 heteroatoms. The number of carbonyl (C=O) groups excluding carboxylic acids is 1. The van der Waals surface area contributed by atoms with Crippen LogP contribution in [0.3, 0.4) is 0 Å². The molecule has 1 fully saturated rings. The minimum absolute atomic E-state index is 0. The van der Waals surface area contributed by atoms with Crippen molar-refractivity contribution >= 4 is 35.7 Å². The molecule has 4 nitrogen and oxygen atoms in total. The van der Waals surface area contributed by atoms with Crippen LogP contribution in [0.25, 0.3) is 0 Å². The Balaban J connectivity index is 0.00000243. The summed E-state index contributed by atoms with van der Waals surface area (Å²) >= 11 is 6.10. The molecule has 26 heavy (non-hydrogen) atoms. The molecule has 140 valence electrons. The minimum atomic E-state index is -0.232. The van der Waals surface area contributed by atoms with E-state index < -0.39 is 0 Å². The van der Waals surface area contributed by atoms with Crippen LogP contribution in [-0.4, -0.2) is 17.6 Å². The predicted molar refractivity (Wildman–Crippen MR) is 109 cm³/mol. The van der Waals surface area contributed by atoms with Crippen LogP contribution in [0.2, 0.25) is 5.02 Å². The maximum atomic E-state index is 12.3. The number of hydrogen-bond acceptors (Lipinski definition) is 2. The van der Waals surface area contributed by atoms with E-state index >= 15 is 0 Å². The second-order valence-corrected chi connectivity index (χ2v) is 6.98. The van der Waals surface area contributed by atoms with E-state index in [1.165, 1.54) is 32.1 Å². The third-order valence-corrected chi connectivity index (χ3v) is 5.22. The van der Waals surface area contributed by atoms with Gasteiger partial charge < -0.3 is 10.6 Å². The molecule has 2 N–H and O–H groups in total. The molecule has 0 spiro atoms. The molecule has 0 aliphatic heterocycles. The number of carbonyl (C=O) groups is 1. The number of para-hydroxylation sites is 1. The van der Waals surface area contributed by atoms with Crippen LogP contribution in [0.4, 0.5) is 10.5 Å². The van der Waals surface area contributed by atoms with Gasteiger partial charge in [-0.1, -0.05) is 49.1 Å². The number of benzene rings is 1. The van der Waals surface area contributed by atoms with Crippen molar-refractivity contribution in [2.24, 2.45) is 5.92 Å². The van der Waals surface area contributed by atoms with E-state index in [1.54, 1.807) is 12.1 Å². The predicted octanol–water partition coefficient (Wildman–Crippen LogP) is 5.64. The number of anilines is 1. The van der Waals surface area contributed by atoms with Gasteiger partial charge >= 0.3 is 6.03 Å². The Morgan fingerprint density at radius 1 is 1.12 bits per heavy atom. The van der Waals surface area contributed by atoms with Crippen molar-refractivity contribution in [3.63, 3.8) is 0 Å². The summed E-state index contributed by atoms with van der Waals surface area (Å²) in [7, 11) is 0. The zero-order chi connectivity index (χ0) is 17.5. The third-order valence-electron chi connectivity index (χ3n) is 4.89. The van der Waals surface area contributed by atoms with Crippen LogP contribution in [0.5, 0.6) is 0 Å². The van der Waals surface area contributed by atoms with Crippen molar-refractivity contribution in [2.45, 2.75) is 38.0 Å². The minimum Gasteiger partial charge on any atom is -0.337 e. The summed E-state index contributed by atoms with van der Waals surface area (Å²) in [6.45, 7) is 0.581. The van der Waals surface area contributed by atoms with Gasteiger partial charge in [0.2, 0.25) is 0 Å². The summed E-state index contributed by atoms with van der Waals surface area (Å²) in [4.78, 5) is 16.8. The Kier molecular flexibility index (Phi) is 8.20. The molecule has 1 saturated carbocycles. The van der Waals surface area contributed by atoms with E-state index in [2.05, 4.69) is 21.7 Å². The van der Waals surface area contributed by atoms with Gasteiger partial charge in [0.25, 0.3) is 0 Å². The number of nitrogens with zero attached hydrogens (tertiary/aromatic N) is 1. The molecule has 3 rings (SSSR count). The van der Waals surface area contributed by atoms with Crippen LogP contribution in [0, 0.1) is 5.92 Å². The second kappa shape index (κ2) is 10.4. The van der Waals surface area contributed by atoms with Gasteiger partial charge in [-0.2, -0.15) is 0 Å². The maximum absolute atomic E-state index is 12.3. The Morgan fingerprint density at radius 2 is 1.85 bits per heavy atom. The lowest BCUT2D eigenvalue weighted by atomic mass is 9.78. The number of nitrogens with one attached hydrogen (secondary N) is 2. The van der Waals surface area contributed by atoms with Gasteiger partial charge in [0, 0.05) is 24.4 Å². The van der Waals surface area contributed by atoms with Crippen molar-refractivity contribution in [2.75, 3.05) is 11.9 Å². The largest absolute Gasteiger partial charge is 0.337 e. The monoisotopic (exact) mass is 393 g/mol. The van der Waals surface area contributed by atoms with Crippen LogP contribution in [0.15, 0.2) is 48.7 Å². The number of amides is 2. The average Bonchev–Trinajstić information content (AvgIpc) is 2.66. The van der Waals surface area contributed by atoms with Crippen LogP contribution < -0.4 is 10.6 Å². The number of rotatable bonds is 5. The highest BCUT2D eigenvalue weighted by atomic mass is 35.5. The molecule has 2 amide bonds. The van der Waals surface area contributed by atoms with E-state index in [9.17, 15) is 4.79 Å². The molecule has 1 aliphatic rings. The van der Waals surface area contributed by atoms with Crippen LogP contribution >= 0.6 is 24.0 Å². The highest BCUT2D eigenvalue weighted by Gasteiger charge is 2.26. The molecule has 0 saturated heterocycles. The van der Waals surface area contributed by atoms with Gasteiger partial charge in [0.1, 0.15) is 0 Å². The van der Waals surface area contributed by atoms with E-state index in [-0.39, 0.29) is 24.4 Å². The average molecular weight is 394 g/mol. The van der Waals surface area contributed by atoms with Gasteiger partial charge in [-0.25, -0.2) is 4.79 Å². The second-order valence-electron chi connectivity index (χ2n) is 6.57. The Bertz CT molecular complexity index is 690. The van der Waals surface area contributed by atoms with Gasteiger partial charge in [-0.3, -0.25) is 4.98 Å². The lowest BCUT2D eigenvalue weighted by Gasteiger charge is -2.30. The standard InChI is InChI=1S/C20H24ClN3O.ClH/c21-17-10-4-5-12-19(17)24-20(25)23-14-16(15-8-2-1-3-9-15)18-11-6-7-13-22-18;/h4-7,10-13,15-16H,1-3,8-9,14H2,(H2,23,24,25);1H. The normalized spacial score (nSPS) is 15.6. The van der Waals surface area contributed by atoms with Crippen molar-refractivity contribution in [3.05, 3.63) is 59.4 Å². The van der Waals surface area contributed by atoms with Gasteiger partial charge in [-0.05, 0) is 43.0 Å². The summed E-state index contributed by atoms with van der Waals surface area (Å²) in [5.74, 6) is 0.822. The number of urea groups is 1. The van der Waals surface area contributed by atoms with E-state index in [4.69, 9.17) is 11.6 Å². The van der Waals surface area contributed by atoms with Gasteiger partial charge in [0.05, 0.1) is 10.7 Å². The van der Waals surface area contributed by atoms with Crippen molar-refractivity contribution in [1.82, 2.24) is 10.3 Å². The molecular formula is C20H25Cl2N3O. The molecule has 1 aliphatic carbocycles. The Labute approximate surface area is 166 Å². The van der Waals surface area contributed by atoms with Crippen molar-refractivity contribution in [1.29, 1.82) is 0 Å². The Morgan fingerprint density at radius 3 is 2.54 bits per heavy atom. The van der Waals surface area contributed by atoms with Crippen LogP contribution in [-0.2, 0) is 0 Å². The molecule has 0 radical (unpaired) electrons. The number of aromatic nitrogens is 1. The topological polar surface area (TPSA) is 54.0 Å². The quantitative estimate of drug-likeness (QED) is 0.689. The fourth-order valence-corrected chi connectivity index (χ4v) is 3.76. The number of hydrogen-bond donors (Lipinski definition) is 2. The first-order chi connectivity index (χ1) is 12.2. The molecular weight excluding hydrogens is 369 g/mol. The zero-order valence-corrected chi connectivity index (χ0v) is 16.2. The molecule has 1 heterocycles. The SMILES string of the molecule is Cl.O=C(NCC(c1ccccn1)C1CCCCC1)Nc1ccccc1Cl. The zero-order valence-electron chi connectivity index (χ0n) is 14.7. The van der Waals surface area contributed by atoms with Gasteiger partial charge in [-0.15, -0.1) is 12.4 Å². The third kappa shape index (κ3) is 5.61. The Hall–Kier alpha value is -1.78. The lowest BCUT2D eigenvalue weighted by Crippen LogP contribution is -2.35. The van der Waals surface area contributed by atoms with E-state index in [0.717, 1.165) is 5.69 Å². The van der Waals surface area contributed by atoms with E-state index in [0.29, 0.717) is 23.2 Å². The molecule has 1 unspecified atom stereocenters. The van der Waals surface area contributed by atoms with Crippen LogP contribution in [0.1, 0.15) is 43.7 Å². The maximum Gasteiger partial charge on any atom is 0.319 e. The number of halogens is 2. The first-order valence-electron chi connectivity index (χ1n) is 8.94. The summed E-state index contributed by atoms with van der Waals surface area (Å²) in [6.07, 6.45) is 8.07. The molecule has 1 atom stereocenters. The molecule has 1 aromatic carbocycles. The fraction of sp³-hybridized carbons (Fsp3) is 0.400. The molecule has 0 bridgehead atoms. The summed E-state index contributed by atoms with van der Waals surface area (Å²) in [5.41, 5.74) is 1.68. The van der Waals surface area contributed by atoms with Crippen molar-refractivity contribution < 1.29 is 4.79 Å². The highest BCUT2D eigenvalue weighted by Crippen LogP contribution is 2.35. The first-order valence-corrected chi connectivity index (χ1v) is 9.32. The smallest absolute Gasteiger partial charge is 0.319 e. The first kappa shape index (κ1) is 20.5. The van der Waals surface area contributed by atoms with E-state index in [1.807, 2.05) is 30.5 Å². The lowest BCUT2D eigenvalue weighted by molar-refractivity contribution is 0.246. The van der Waals surface area contributed by atoms with Gasteiger partial charge in [0.15, 0.2) is 0 Å². The molecule has 2 aromatic rings. The highest BCUT2D eigenvalue weighted by molar-refractivity contribution is 6.33.